The fourth-order valence-corrected chi connectivity index (χ4v) is 3.37. The maximum Gasteiger partial charge on any atom is 0.267 e. The molecule has 3 aromatic rings. The first-order valence-corrected chi connectivity index (χ1v) is 11.3. The molecule has 0 bridgehead atoms. The Morgan fingerprint density at radius 3 is 2.47 bits per heavy atom. The van der Waals surface area contributed by atoms with E-state index in [4.69, 9.17) is 9.47 Å². The van der Waals surface area contributed by atoms with Crippen LogP contribution in [0.15, 0.2) is 67.4 Å². The number of nitrogens with one attached hydrogen (secondary N) is 2. The van der Waals surface area contributed by atoms with E-state index in [0.29, 0.717) is 23.1 Å². The summed E-state index contributed by atoms with van der Waals surface area (Å²) >= 11 is 0. The molecule has 34 heavy (non-hydrogen) atoms. The molecule has 0 atom stereocenters. The molecule has 2 aromatic carbocycles. The Labute approximate surface area is 200 Å². The Balaban J connectivity index is 1.76. The van der Waals surface area contributed by atoms with Gasteiger partial charge in [-0.2, -0.15) is 4.98 Å². The fraction of sp³-hybridized carbons (Fsp3) is 0.269. The molecule has 0 unspecified atom stereocenters. The van der Waals surface area contributed by atoms with E-state index in [-0.39, 0.29) is 11.8 Å². The minimum absolute atomic E-state index is 0.251. The number of hydrogen-bond acceptors (Lipinski definition) is 7. The number of amides is 1. The molecular formula is C26H31N5O3. The van der Waals surface area contributed by atoms with Gasteiger partial charge in [-0.15, -0.1) is 0 Å². The van der Waals surface area contributed by atoms with Gasteiger partial charge in [0.1, 0.15) is 5.75 Å². The van der Waals surface area contributed by atoms with Crippen molar-refractivity contribution in [2.45, 2.75) is 26.7 Å². The van der Waals surface area contributed by atoms with Crippen LogP contribution in [0.3, 0.4) is 0 Å². The van der Waals surface area contributed by atoms with Crippen molar-refractivity contribution in [1.82, 2.24) is 9.97 Å². The van der Waals surface area contributed by atoms with Crippen molar-refractivity contribution in [3.8, 4) is 17.4 Å². The summed E-state index contributed by atoms with van der Waals surface area (Å²) in [6.45, 7) is 9.89. The van der Waals surface area contributed by atoms with Gasteiger partial charge in [-0.1, -0.05) is 26.5 Å². The average molecular weight is 462 g/mol. The summed E-state index contributed by atoms with van der Waals surface area (Å²) in [5.41, 5.74) is 2.63. The second-order valence-electron chi connectivity index (χ2n) is 7.55. The molecule has 0 fully saturated rings. The van der Waals surface area contributed by atoms with Gasteiger partial charge in [0.2, 0.25) is 11.9 Å². The van der Waals surface area contributed by atoms with Crippen LogP contribution in [0.5, 0.6) is 17.4 Å². The normalized spacial score (nSPS) is 10.3. The maximum absolute atomic E-state index is 11.6. The first kappa shape index (κ1) is 24.6. The zero-order valence-corrected chi connectivity index (χ0v) is 19.9. The van der Waals surface area contributed by atoms with Crippen molar-refractivity contribution in [3.05, 3.63) is 67.4 Å². The number of carbonyl (C=O) groups excluding carboxylic acids is 1. The van der Waals surface area contributed by atoms with Crippen LogP contribution >= 0.6 is 0 Å². The molecule has 1 aromatic heterocycles. The maximum atomic E-state index is 11.6. The molecule has 8 nitrogen and oxygen atoms in total. The summed E-state index contributed by atoms with van der Waals surface area (Å²) in [4.78, 5) is 22.8. The first-order valence-electron chi connectivity index (χ1n) is 11.3. The highest BCUT2D eigenvalue weighted by atomic mass is 16.5. The Hall–Kier alpha value is -4.07. The first-order chi connectivity index (χ1) is 16.6. The van der Waals surface area contributed by atoms with Crippen molar-refractivity contribution in [2.24, 2.45) is 0 Å². The van der Waals surface area contributed by atoms with Gasteiger partial charge < -0.3 is 25.0 Å². The highest BCUT2D eigenvalue weighted by Gasteiger charge is 2.12. The summed E-state index contributed by atoms with van der Waals surface area (Å²) < 4.78 is 11.3. The number of methoxy groups -OCH3 is 1. The highest BCUT2D eigenvalue weighted by molar-refractivity contribution is 5.98. The molecule has 1 heterocycles. The predicted octanol–water partition coefficient (Wildman–Crippen LogP) is 5.77. The summed E-state index contributed by atoms with van der Waals surface area (Å²) in [5.74, 6) is 1.19. The summed E-state index contributed by atoms with van der Waals surface area (Å²) in [6, 6.07) is 15.2. The fourth-order valence-electron chi connectivity index (χ4n) is 3.37. The van der Waals surface area contributed by atoms with E-state index in [1.807, 2.05) is 12.1 Å². The van der Waals surface area contributed by atoms with Gasteiger partial charge >= 0.3 is 0 Å². The van der Waals surface area contributed by atoms with E-state index < -0.39 is 0 Å². The molecule has 178 valence electrons. The van der Waals surface area contributed by atoms with Crippen molar-refractivity contribution < 1.29 is 14.3 Å². The van der Waals surface area contributed by atoms with Gasteiger partial charge in [0.25, 0.3) is 5.88 Å². The Bertz CT molecular complexity index is 1100. The number of nitrogens with zero attached hydrogens (tertiary/aromatic N) is 3. The lowest BCUT2D eigenvalue weighted by Crippen LogP contribution is -2.24. The van der Waals surface area contributed by atoms with E-state index in [1.165, 1.54) is 18.9 Å². The minimum atomic E-state index is -0.304. The standard InChI is InChI=1S/C26H31N5O3/c1-5-15-31(16-6-2)21-13-11-19(12-14-21)29-26-27-18-23(33-4)25(30-26)34-22-10-8-9-20(17-22)28-24(32)7-3/h7-14,17-18H,3,5-6,15-16H2,1-2,4H3,(H,28,32)(H,27,29,30). The minimum Gasteiger partial charge on any atom is -0.490 e. The molecule has 0 aliphatic carbocycles. The van der Waals surface area contributed by atoms with Gasteiger partial charge in [0, 0.05) is 36.2 Å². The van der Waals surface area contributed by atoms with E-state index in [2.05, 4.69) is 58.1 Å². The Kier molecular flexibility index (Phi) is 8.85. The van der Waals surface area contributed by atoms with Crippen molar-refractivity contribution in [1.29, 1.82) is 0 Å². The summed E-state index contributed by atoms with van der Waals surface area (Å²) in [5, 5.41) is 5.91. The van der Waals surface area contributed by atoms with E-state index >= 15 is 0 Å². The molecule has 0 saturated heterocycles. The van der Waals surface area contributed by atoms with E-state index in [0.717, 1.165) is 31.6 Å². The predicted molar refractivity (Wildman–Crippen MR) is 136 cm³/mol. The number of aromatic nitrogens is 2. The van der Waals surface area contributed by atoms with Crippen molar-refractivity contribution >= 4 is 28.9 Å². The van der Waals surface area contributed by atoms with Crippen LogP contribution in [0.4, 0.5) is 23.0 Å². The number of carbonyl (C=O) groups is 1. The monoisotopic (exact) mass is 461 g/mol. The summed E-state index contributed by atoms with van der Waals surface area (Å²) in [7, 11) is 1.52. The van der Waals surface area contributed by atoms with Crippen LogP contribution in [0, 0.1) is 0 Å². The second-order valence-corrected chi connectivity index (χ2v) is 7.55. The number of rotatable bonds is 12. The zero-order chi connectivity index (χ0) is 24.3. The highest BCUT2D eigenvalue weighted by Crippen LogP contribution is 2.31. The third kappa shape index (κ3) is 6.71. The molecule has 0 aliphatic heterocycles. The third-order valence-electron chi connectivity index (χ3n) is 4.92. The third-order valence-corrected chi connectivity index (χ3v) is 4.92. The Morgan fingerprint density at radius 1 is 1.09 bits per heavy atom. The van der Waals surface area contributed by atoms with Crippen molar-refractivity contribution in [2.75, 3.05) is 35.7 Å². The van der Waals surface area contributed by atoms with Crippen molar-refractivity contribution in [3.63, 3.8) is 0 Å². The Morgan fingerprint density at radius 2 is 1.82 bits per heavy atom. The lowest BCUT2D eigenvalue weighted by Gasteiger charge is -2.24. The van der Waals surface area contributed by atoms with Crippen LogP contribution in [0.2, 0.25) is 0 Å². The number of hydrogen-bond donors (Lipinski definition) is 2. The van der Waals surface area contributed by atoms with Crippen LogP contribution in [-0.4, -0.2) is 36.1 Å². The lowest BCUT2D eigenvalue weighted by molar-refractivity contribution is -0.111. The lowest BCUT2D eigenvalue weighted by atomic mass is 10.2. The molecule has 0 aliphatic rings. The second kappa shape index (κ2) is 12.2. The molecule has 3 rings (SSSR count). The van der Waals surface area contributed by atoms with Gasteiger partial charge in [-0.3, -0.25) is 4.79 Å². The van der Waals surface area contributed by atoms with Gasteiger partial charge in [-0.05, 0) is 55.3 Å². The van der Waals surface area contributed by atoms with Crippen LogP contribution in [0.25, 0.3) is 0 Å². The zero-order valence-electron chi connectivity index (χ0n) is 19.9. The largest absolute Gasteiger partial charge is 0.490 e. The molecule has 0 radical (unpaired) electrons. The summed E-state index contributed by atoms with van der Waals surface area (Å²) in [6.07, 6.45) is 4.96. The number of ether oxygens (including phenoxy) is 2. The van der Waals surface area contributed by atoms with E-state index in [9.17, 15) is 4.79 Å². The van der Waals surface area contributed by atoms with Crippen LogP contribution in [-0.2, 0) is 4.79 Å². The molecule has 0 saturated carbocycles. The molecule has 0 spiro atoms. The van der Waals surface area contributed by atoms with Gasteiger partial charge in [0.05, 0.1) is 13.3 Å². The molecule has 1 amide bonds. The topological polar surface area (TPSA) is 88.6 Å². The van der Waals surface area contributed by atoms with Crippen LogP contribution in [0.1, 0.15) is 26.7 Å². The van der Waals surface area contributed by atoms with Crippen LogP contribution < -0.4 is 25.0 Å². The van der Waals surface area contributed by atoms with Gasteiger partial charge in [0.15, 0.2) is 5.75 Å². The van der Waals surface area contributed by atoms with Gasteiger partial charge in [-0.25, -0.2) is 4.98 Å². The smallest absolute Gasteiger partial charge is 0.267 e. The quantitative estimate of drug-likeness (QED) is 0.331. The number of anilines is 4. The number of benzene rings is 2. The molecular weight excluding hydrogens is 430 g/mol. The average Bonchev–Trinajstić information content (AvgIpc) is 2.85. The molecule has 2 N–H and O–H groups in total. The SMILES string of the molecule is C=CC(=O)Nc1cccc(Oc2nc(Nc3ccc(N(CCC)CCC)cc3)ncc2OC)c1. The molecule has 8 heteroatoms. The van der Waals surface area contributed by atoms with E-state index in [1.54, 1.807) is 30.5 Å².